The van der Waals surface area contributed by atoms with Gasteiger partial charge in [0, 0.05) is 23.3 Å². The third kappa shape index (κ3) is 3.41. The Morgan fingerprint density at radius 3 is 2.62 bits per heavy atom. The molecule has 0 spiro atoms. The van der Waals surface area contributed by atoms with Gasteiger partial charge in [0.15, 0.2) is 5.78 Å². The molecule has 0 aliphatic heterocycles. The summed E-state index contributed by atoms with van der Waals surface area (Å²) in [4.78, 5) is 35.7. The second-order valence-electron chi connectivity index (χ2n) is 10.4. The molecule has 0 aromatic rings. The molecule has 4 nitrogen and oxygen atoms in total. The van der Waals surface area contributed by atoms with Crippen LogP contribution in [0.3, 0.4) is 0 Å². The molecule has 29 heavy (non-hydrogen) atoms. The minimum atomic E-state index is -0.743. The van der Waals surface area contributed by atoms with E-state index >= 15 is 0 Å². The second kappa shape index (κ2) is 7.55. The van der Waals surface area contributed by atoms with E-state index in [1.165, 1.54) is 5.57 Å². The maximum absolute atomic E-state index is 12.4. The van der Waals surface area contributed by atoms with Gasteiger partial charge in [-0.2, -0.15) is 11.8 Å². The van der Waals surface area contributed by atoms with Gasteiger partial charge in [-0.05, 0) is 80.1 Å². The second-order valence-corrected chi connectivity index (χ2v) is 11.7. The smallest absolute Gasteiger partial charge is 0.304 e. The zero-order valence-corrected chi connectivity index (χ0v) is 18.7. The molecule has 3 fully saturated rings. The highest BCUT2D eigenvalue weighted by Gasteiger charge is 2.61. The van der Waals surface area contributed by atoms with Gasteiger partial charge in [0.1, 0.15) is 5.78 Å². The van der Waals surface area contributed by atoms with Crippen molar-refractivity contribution >= 4 is 29.3 Å². The highest BCUT2D eigenvalue weighted by Crippen LogP contribution is 2.68. The zero-order valence-electron chi connectivity index (χ0n) is 17.9. The molecule has 0 aromatic heterocycles. The number of carboxylic acids is 1. The number of aliphatic carboxylic acids is 1. The first-order valence-electron chi connectivity index (χ1n) is 11.2. The van der Waals surface area contributed by atoms with Crippen LogP contribution in [0.1, 0.15) is 72.1 Å². The van der Waals surface area contributed by atoms with E-state index in [4.69, 9.17) is 5.11 Å². The molecule has 3 saturated carbocycles. The lowest BCUT2D eigenvalue weighted by Crippen LogP contribution is -2.55. The number of hydrogen-bond acceptors (Lipinski definition) is 4. The number of carbonyl (C=O) groups is 3. The highest BCUT2D eigenvalue weighted by atomic mass is 32.2. The van der Waals surface area contributed by atoms with Gasteiger partial charge in [-0.25, -0.2) is 0 Å². The molecule has 5 heteroatoms. The van der Waals surface area contributed by atoms with Crippen molar-refractivity contribution in [2.75, 3.05) is 5.75 Å². The van der Waals surface area contributed by atoms with Crippen molar-refractivity contribution in [3.63, 3.8) is 0 Å². The maximum atomic E-state index is 12.4. The summed E-state index contributed by atoms with van der Waals surface area (Å²) in [5, 5.41) is 9.48. The molecular weight excluding hydrogens is 384 g/mol. The van der Waals surface area contributed by atoms with Crippen molar-refractivity contribution < 1.29 is 19.5 Å². The molecule has 7 atom stereocenters. The molecule has 0 amide bonds. The Morgan fingerprint density at radius 2 is 1.93 bits per heavy atom. The SMILES string of the molecule is CC(=O)[C@H]1CC[C@H]2[C@@H]3[C@H](SCCC(=O)O)CC4=CC(=O)CC[C@]4(C)[C@H]3CC[C@]12C. The van der Waals surface area contributed by atoms with Crippen molar-refractivity contribution in [3.8, 4) is 0 Å². The molecule has 0 unspecified atom stereocenters. The predicted molar refractivity (Wildman–Crippen MR) is 115 cm³/mol. The summed E-state index contributed by atoms with van der Waals surface area (Å²) in [6, 6.07) is 0. The van der Waals surface area contributed by atoms with E-state index in [2.05, 4.69) is 13.8 Å². The van der Waals surface area contributed by atoms with E-state index in [-0.39, 0.29) is 29.0 Å². The Morgan fingerprint density at radius 1 is 1.17 bits per heavy atom. The van der Waals surface area contributed by atoms with Gasteiger partial charge in [0.25, 0.3) is 0 Å². The average molecular weight is 419 g/mol. The van der Waals surface area contributed by atoms with Gasteiger partial charge < -0.3 is 5.11 Å². The summed E-state index contributed by atoms with van der Waals surface area (Å²) in [5.74, 6) is 2.25. The van der Waals surface area contributed by atoms with Gasteiger partial charge in [-0.1, -0.05) is 19.4 Å². The van der Waals surface area contributed by atoms with Crippen LogP contribution < -0.4 is 0 Å². The normalized spacial score (nSPS) is 43.8. The fraction of sp³-hybridized carbons (Fsp3) is 0.792. The molecular formula is C24H34O4S. The Labute approximate surface area is 178 Å². The fourth-order valence-corrected chi connectivity index (χ4v) is 9.13. The van der Waals surface area contributed by atoms with Crippen molar-refractivity contribution in [3.05, 3.63) is 11.6 Å². The lowest BCUT2D eigenvalue weighted by molar-refractivity contribution is -0.136. The first-order chi connectivity index (χ1) is 13.7. The summed E-state index contributed by atoms with van der Waals surface area (Å²) < 4.78 is 0. The Bertz CT molecular complexity index is 758. The Hall–Kier alpha value is -1.10. The van der Waals surface area contributed by atoms with Crippen LogP contribution in [0, 0.1) is 34.5 Å². The number of Topliss-reactive ketones (excluding diaryl/α,β-unsaturated/α-hetero) is 1. The van der Waals surface area contributed by atoms with Crippen LogP contribution in [0.15, 0.2) is 11.6 Å². The lowest BCUT2D eigenvalue weighted by atomic mass is 9.46. The number of rotatable bonds is 5. The number of carbonyl (C=O) groups excluding carboxylic acids is 2. The summed E-state index contributed by atoms with van der Waals surface area (Å²) in [7, 11) is 0. The minimum absolute atomic E-state index is 0.0840. The molecule has 4 aliphatic rings. The quantitative estimate of drug-likeness (QED) is 0.687. The molecule has 0 bridgehead atoms. The van der Waals surface area contributed by atoms with Crippen LogP contribution in [0.2, 0.25) is 0 Å². The third-order valence-corrected chi connectivity index (χ3v) is 10.4. The number of hydrogen-bond donors (Lipinski definition) is 1. The third-order valence-electron chi connectivity index (χ3n) is 9.10. The van der Waals surface area contributed by atoms with Crippen LogP contribution in [0.5, 0.6) is 0 Å². The van der Waals surface area contributed by atoms with E-state index in [1.54, 1.807) is 18.7 Å². The number of carboxylic acid groups (broad SMARTS) is 1. The van der Waals surface area contributed by atoms with Crippen LogP contribution in [0.4, 0.5) is 0 Å². The highest BCUT2D eigenvalue weighted by molar-refractivity contribution is 7.99. The standard InChI is InChI=1S/C24H34O4S/c1-14(25)17-4-5-18-22-19(7-10-24(17,18)3)23(2)9-6-16(26)12-15(23)13-20(22)29-11-8-21(27)28/h12,17-20,22H,4-11,13H2,1-3H3,(H,27,28)/t17-,18+,19+,20-,22+,23+,24-/m1/s1. The summed E-state index contributed by atoms with van der Waals surface area (Å²) >= 11 is 1.81. The summed E-state index contributed by atoms with van der Waals surface area (Å²) in [5.41, 5.74) is 1.49. The van der Waals surface area contributed by atoms with Crippen molar-refractivity contribution in [1.29, 1.82) is 0 Å². The Balaban J connectivity index is 1.68. The summed E-state index contributed by atoms with van der Waals surface area (Å²) in [6.45, 7) is 6.49. The van der Waals surface area contributed by atoms with Crippen molar-refractivity contribution in [2.24, 2.45) is 34.5 Å². The average Bonchev–Trinajstić information content (AvgIpc) is 3.00. The van der Waals surface area contributed by atoms with E-state index in [9.17, 15) is 14.4 Å². The number of ketones is 2. The minimum Gasteiger partial charge on any atom is -0.481 e. The van der Waals surface area contributed by atoms with Crippen molar-refractivity contribution in [2.45, 2.75) is 77.4 Å². The van der Waals surface area contributed by atoms with Gasteiger partial charge in [-0.15, -0.1) is 0 Å². The number of thioether (sulfide) groups is 1. The predicted octanol–water partition coefficient (Wildman–Crippen LogP) is 4.91. The van der Waals surface area contributed by atoms with Gasteiger partial charge in [0.2, 0.25) is 0 Å². The molecule has 4 rings (SSSR count). The first kappa shape index (κ1) is 21.1. The first-order valence-corrected chi connectivity index (χ1v) is 12.3. The zero-order chi connectivity index (χ0) is 21.0. The van der Waals surface area contributed by atoms with E-state index in [1.807, 2.05) is 6.08 Å². The molecule has 0 saturated heterocycles. The van der Waals surface area contributed by atoms with Gasteiger partial charge in [-0.3, -0.25) is 14.4 Å². The van der Waals surface area contributed by atoms with Gasteiger partial charge in [0.05, 0.1) is 6.42 Å². The maximum Gasteiger partial charge on any atom is 0.304 e. The molecule has 1 N–H and O–H groups in total. The largest absolute Gasteiger partial charge is 0.481 e. The Kier molecular flexibility index (Phi) is 5.50. The molecule has 0 radical (unpaired) electrons. The monoisotopic (exact) mass is 418 g/mol. The van der Waals surface area contributed by atoms with E-state index in [0.717, 1.165) is 38.5 Å². The van der Waals surface area contributed by atoms with Crippen LogP contribution in [-0.4, -0.2) is 33.6 Å². The number of fused-ring (bicyclic) bond motifs is 5. The summed E-state index contributed by atoms with van der Waals surface area (Å²) in [6.07, 6.45) is 8.97. The van der Waals surface area contributed by atoms with Gasteiger partial charge >= 0.3 is 5.97 Å². The van der Waals surface area contributed by atoms with E-state index in [0.29, 0.717) is 41.0 Å². The van der Waals surface area contributed by atoms with Crippen LogP contribution in [0.25, 0.3) is 0 Å². The van der Waals surface area contributed by atoms with Crippen molar-refractivity contribution in [1.82, 2.24) is 0 Å². The van der Waals surface area contributed by atoms with E-state index < -0.39 is 5.97 Å². The molecule has 4 aliphatic carbocycles. The fourth-order valence-electron chi connectivity index (χ4n) is 7.64. The molecule has 0 heterocycles. The van der Waals surface area contributed by atoms with Crippen LogP contribution >= 0.6 is 11.8 Å². The number of allylic oxidation sites excluding steroid dienone is 1. The molecule has 160 valence electrons. The lowest BCUT2D eigenvalue weighted by Gasteiger charge is -2.60. The molecule has 0 aromatic carbocycles. The van der Waals surface area contributed by atoms with Crippen LogP contribution in [-0.2, 0) is 14.4 Å². The topological polar surface area (TPSA) is 71.4 Å².